The van der Waals surface area contributed by atoms with Gasteiger partial charge in [0, 0.05) is 12.4 Å². The molecule has 2 aliphatic heterocycles. The lowest BCUT2D eigenvalue weighted by Gasteiger charge is -2.46. The second-order valence-corrected chi connectivity index (χ2v) is 7.10. The fourth-order valence-corrected chi connectivity index (χ4v) is 4.05. The van der Waals surface area contributed by atoms with Gasteiger partial charge < -0.3 is 9.64 Å². The Hall–Kier alpha value is -2.43. The average Bonchev–Trinajstić information content (AvgIpc) is 3.44. The lowest BCUT2D eigenvalue weighted by atomic mass is 9.81. The summed E-state index contributed by atoms with van der Waals surface area (Å²) in [5, 5.41) is 0. The molecule has 0 amide bonds. The number of rotatable bonds is 4. The van der Waals surface area contributed by atoms with E-state index in [1.165, 1.54) is 5.56 Å². The highest BCUT2D eigenvalue weighted by Crippen LogP contribution is 2.49. The Morgan fingerprint density at radius 2 is 2.16 bits per heavy atom. The number of benzene rings is 1. The fraction of sp³-hybridized carbons (Fsp3) is 0.450. The molecule has 3 aliphatic rings. The third-order valence-corrected chi connectivity index (χ3v) is 5.49. The van der Waals surface area contributed by atoms with Crippen LogP contribution in [-0.4, -0.2) is 35.6 Å². The first-order valence-electron chi connectivity index (χ1n) is 8.92. The van der Waals surface area contributed by atoms with Gasteiger partial charge in [0.05, 0.1) is 30.3 Å². The van der Waals surface area contributed by atoms with E-state index in [2.05, 4.69) is 41.1 Å². The van der Waals surface area contributed by atoms with Crippen molar-refractivity contribution in [3.63, 3.8) is 0 Å². The molecule has 0 spiro atoms. The molecular weight excluding hydrogens is 314 g/mol. The number of aliphatic imine (C=N–C) groups is 2. The van der Waals surface area contributed by atoms with Gasteiger partial charge in [0.2, 0.25) is 0 Å². The SMILES string of the molecule is CCOC(=O)C1CC1C1CC(C)(c2ccccc2)N2C=CN=CC2=N1. The number of hydrogen-bond donors (Lipinski definition) is 0. The van der Waals surface area contributed by atoms with E-state index in [4.69, 9.17) is 9.73 Å². The first-order valence-corrected chi connectivity index (χ1v) is 8.92. The molecule has 0 saturated heterocycles. The maximum Gasteiger partial charge on any atom is 0.309 e. The molecule has 4 unspecified atom stereocenters. The second kappa shape index (κ2) is 6.14. The minimum Gasteiger partial charge on any atom is -0.466 e. The van der Waals surface area contributed by atoms with E-state index in [1.54, 1.807) is 6.20 Å². The van der Waals surface area contributed by atoms with Crippen LogP contribution in [0.25, 0.3) is 0 Å². The van der Waals surface area contributed by atoms with Crippen molar-refractivity contribution >= 4 is 18.0 Å². The van der Waals surface area contributed by atoms with E-state index in [1.807, 2.05) is 25.4 Å². The van der Waals surface area contributed by atoms with Crippen molar-refractivity contribution in [1.29, 1.82) is 0 Å². The summed E-state index contributed by atoms with van der Waals surface area (Å²) in [6, 6.07) is 10.6. The van der Waals surface area contributed by atoms with Crippen molar-refractivity contribution in [2.24, 2.45) is 21.8 Å². The molecule has 1 aliphatic carbocycles. The van der Waals surface area contributed by atoms with E-state index in [0.717, 1.165) is 18.7 Å². The Morgan fingerprint density at radius 3 is 2.92 bits per heavy atom. The Balaban J connectivity index is 1.64. The molecule has 2 heterocycles. The molecule has 1 fully saturated rings. The van der Waals surface area contributed by atoms with Gasteiger partial charge in [-0.2, -0.15) is 0 Å². The molecule has 4 rings (SSSR count). The van der Waals surface area contributed by atoms with Gasteiger partial charge in [-0.25, -0.2) is 0 Å². The first kappa shape index (κ1) is 16.1. The summed E-state index contributed by atoms with van der Waals surface area (Å²) in [5.41, 5.74) is 1.05. The van der Waals surface area contributed by atoms with Gasteiger partial charge in [0.1, 0.15) is 5.84 Å². The van der Waals surface area contributed by atoms with Gasteiger partial charge in [-0.3, -0.25) is 14.8 Å². The van der Waals surface area contributed by atoms with Crippen LogP contribution in [0.3, 0.4) is 0 Å². The van der Waals surface area contributed by atoms with Crippen LogP contribution in [0.4, 0.5) is 0 Å². The monoisotopic (exact) mass is 337 g/mol. The molecule has 5 nitrogen and oxygen atoms in total. The molecule has 0 bridgehead atoms. The standard InChI is InChI=1S/C20H23N3O2/c1-3-25-19(24)16-11-15(16)17-12-20(2,14-7-5-4-6-8-14)23-10-9-21-13-18(23)22-17/h4-10,13,15-17H,3,11-12H2,1-2H3. The molecule has 0 radical (unpaired) electrons. The molecule has 0 aromatic heterocycles. The van der Waals surface area contributed by atoms with E-state index in [-0.39, 0.29) is 29.4 Å². The maximum absolute atomic E-state index is 12.1. The Kier molecular flexibility index (Phi) is 3.94. The van der Waals surface area contributed by atoms with E-state index in [9.17, 15) is 4.79 Å². The van der Waals surface area contributed by atoms with Gasteiger partial charge in [0.15, 0.2) is 0 Å². The van der Waals surface area contributed by atoms with Crippen molar-refractivity contribution < 1.29 is 9.53 Å². The summed E-state index contributed by atoms with van der Waals surface area (Å²) >= 11 is 0. The molecule has 5 heteroatoms. The number of hydrogen-bond acceptors (Lipinski definition) is 5. The number of nitrogens with zero attached hydrogens (tertiary/aromatic N) is 3. The number of carbonyl (C=O) groups excluding carboxylic acids is 1. The summed E-state index contributed by atoms with van der Waals surface area (Å²) in [4.78, 5) is 23.4. The molecule has 4 atom stereocenters. The van der Waals surface area contributed by atoms with Crippen LogP contribution in [0.2, 0.25) is 0 Å². The van der Waals surface area contributed by atoms with Crippen LogP contribution in [0.5, 0.6) is 0 Å². The number of amidine groups is 1. The number of esters is 1. The van der Waals surface area contributed by atoms with Crippen molar-refractivity contribution in [3.05, 3.63) is 48.3 Å². The predicted molar refractivity (Wildman–Crippen MR) is 97.3 cm³/mol. The molecule has 1 aromatic carbocycles. The van der Waals surface area contributed by atoms with Gasteiger partial charge in [-0.05, 0) is 38.2 Å². The lowest BCUT2D eigenvalue weighted by Crippen LogP contribution is -2.51. The van der Waals surface area contributed by atoms with Crippen molar-refractivity contribution in [1.82, 2.24) is 4.90 Å². The average molecular weight is 337 g/mol. The van der Waals surface area contributed by atoms with Crippen molar-refractivity contribution in [3.8, 4) is 0 Å². The highest BCUT2D eigenvalue weighted by Gasteiger charge is 2.53. The third-order valence-electron chi connectivity index (χ3n) is 5.49. The fourth-order valence-electron chi connectivity index (χ4n) is 4.05. The smallest absolute Gasteiger partial charge is 0.309 e. The largest absolute Gasteiger partial charge is 0.466 e. The summed E-state index contributed by atoms with van der Waals surface area (Å²) in [5.74, 6) is 1.07. The van der Waals surface area contributed by atoms with E-state index >= 15 is 0 Å². The lowest BCUT2D eigenvalue weighted by molar-refractivity contribution is -0.145. The maximum atomic E-state index is 12.1. The molecule has 25 heavy (non-hydrogen) atoms. The van der Waals surface area contributed by atoms with Crippen molar-refractivity contribution in [2.75, 3.05) is 6.61 Å². The Labute approximate surface area is 148 Å². The van der Waals surface area contributed by atoms with E-state index in [0.29, 0.717) is 6.61 Å². The van der Waals surface area contributed by atoms with Crippen LogP contribution in [0.15, 0.2) is 52.7 Å². The normalized spacial score (nSPS) is 32.8. The zero-order valence-electron chi connectivity index (χ0n) is 14.6. The second-order valence-electron chi connectivity index (χ2n) is 7.10. The van der Waals surface area contributed by atoms with Crippen LogP contribution in [-0.2, 0) is 15.1 Å². The molecule has 1 saturated carbocycles. The quantitative estimate of drug-likeness (QED) is 0.793. The summed E-state index contributed by atoms with van der Waals surface area (Å²) in [6.45, 7) is 4.54. The van der Waals surface area contributed by atoms with Crippen LogP contribution in [0, 0.1) is 11.8 Å². The zero-order valence-corrected chi connectivity index (χ0v) is 14.6. The summed E-state index contributed by atoms with van der Waals surface area (Å²) < 4.78 is 5.19. The number of fused-ring (bicyclic) bond motifs is 1. The van der Waals surface area contributed by atoms with Gasteiger partial charge in [0.25, 0.3) is 0 Å². The highest BCUT2D eigenvalue weighted by atomic mass is 16.5. The summed E-state index contributed by atoms with van der Waals surface area (Å²) in [7, 11) is 0. The predicted octanol–water partition coefficient (Wildman–Crippen LogP) is 3.13. The van der Waals surface area contributed by atoms with Gasteiger partial charge in [-0.15, -0.1) is 0 Å². The number of ether oxygens (including phenoxy) is 1. The molecular formula is C20H23N3O2. The molecule has 0 N–H and O–H groups in total. The Morgan fingerprint density at radius 1 is 1.36 bits per heavy atom. The number of carbonyl (C=O) groups is 1. The van der Waals surface area contributed by atoms with Crippen LogP contribution < -0.4 is 0 Å². The Bertz CT molecular complexity index is 755. The van der Waals surface area contributed by atoms with Crippen molar-refractivity contribution in [2.45, 2.75) is 38.3 Å². The summed E-state index contributed by atoms with van der Waals surface area (Å²) in [6.07, 6.45) is 7.36. The highest BCUT2D eigenvalue weighted by molar-refractivity contribution is 6.30. The minimum absolute atomic E-state index is 0.00283. The zero-order chi connectivity index (χ0) is 17.4. The minimum atomic E-state index is -0.201. The van der Waals surface area contributed by atoms with Crippen LogP contribution in [0.1, 0.15) is 32.3 Å². The van der Waals surface area contributed by atoms with Gasteiger partial charge in [-0.1, -0.05) is 30.3 Å². The molecule has 130 valence electrons. The van der Waals surface area contributed by atoms with Gasteiger partial charge >= 0.3 is 5.97 Å². The third kappa shape index (κ3) is 2.77. The van der Waals surface area contributed by atoms with Crippen LogP contribution >= 0.6 is 0 Å². The van der Waals surface area contributed by atoms with E-state index < -0.39 is 0 Å². The molecule has 1 aromatic rings. The topological polar surface area (TPSA) is 54.3 Å². The first-order chi connectivity index (χ1) is 12.1.